The largest absolute Gasteiger partial charge is 0.402 e. The van der Waals surface area contributed by atoms with E-state index in [1.54, 1.807) is 0 Å². The lowest BCUT2D eigenvalue weighted by atomic mass is 9.93. The quantitative estimate of drug-likeness (QED) is 0.848. The van der Waals surface area contributed by atoms with Crippen LogP contribution in [0.3, 0.4) is 0 Å². The Morgan fingerprint density at radius 1 is 1.11 bits per heavy atom. The van der Waals surface area contributed by atoms with Gasteiger partial charge in [-0.15, -0.1) is 0 Å². The highest BCUT2D eigenvalue weighted by molar-refractivity contribution is 9.10. The van der Waals surface area contributed by atoms with E-state index in [1.807, 2.05) is 0 Å². The number of nitrogens with two attached hydrogens (primary N) is 1. The van der Waals surface area contributed by atoms with Gasteiger partial charge in [0, 0.05) is 22.9 Å². The fourth-order valence-electron chi connectivity index (χ4n) is 1.63. The van der Waals surface area contributed by atoms with Crippen LogP contribution in [-0.4, -0.2) is 23.4 Å². The maximum Gasteiger partial charge on any atom is 0.402 e. The second kappa shape index (κ2) is 5.66. The van der Waals surface area contributed by atoms with Crippen LogP contribution in [0.4, 0.5) is 26.3 Å². The summed E-state index contributed by atoms with van der Waals surface area (Å²) in [7, 11) is 0. The molecule has 1 heterocycles. The zero-order valence-electron chi connectivity index (χ0n) is 9.26. The first-order chi connectivity index (χ1) is 8.51. The van der Waals surface area contributed by atoms with Crippen molar-refractivity contribution in [2.45, 2.75) is 24.8 Å². The second-order valence-corrected chi connectivity index (χ2v) is 4.86. The zero-order chi connectivity index (χ0) is 14.8. The van der Waals surface area contributed by atoms with Gasteiger partial charge in [-0.25, -0.2) is 0 Å². The molecule has 108 valence electrons. The third-order valence-corrected chi connectivity index (χ3v) is 2.80. The van der Waals surface area contributed by atoms with Crippen LogP contribution < -0.4 is 5.73 Å². The molecule has 2 nitrogen and oxygen atoms in total. The summed E-state index contributed by atoms with van der Waals surface area (Å²) >= 11 is 3.02. The molecule has 9 heteroatoms. The number of alkyl halides is 6. The van der Waals surface area contributed by atoms with Crippen molar-refractivity contribution >= 4 is 15.9 Å². The first kappa shape index (κ1) is 16.2. The highest BCUT2D eigenvalue weighted by Crippen LogP contribution is 2.41. The van der Waals surface area contributed by atoms with E-state index in [0.717, 1.165) is 0 Å². The first-order valence-corrected chi connectivity index (χ1v) is 5.79. The van der Waals surface area contributed by atoms with E-state index in [-0.39, 0.29) is 5.56 Å². The summed E-state index contributed by atoms with van der Waals surface area (Å²) in [5.74, 6) is -3.56. The fourth-order valence-corrected chi connectivity index (χ4v) is 2.04. The van der Waals surface area contributed by atoms with Crippen LogP contribution >= 0.6 is 15.9 Å². The summed E-state index contributed by atoms with van der Waals surface area (Å²) in [6, 6.07) is -0.743. The minimum Gasteiger partial charge on any atom is -0.327 e. The Bertz CT molecular complexity index is 417. The van der Waals surface area contributed by atoms with E-state index >= 15 is 0 Å². The van der Waals surface area contributed by atoms with Gasteiger partial charge in [-0.2, -0.15) is 26.3 Å². The molecule has 0 saturated heterocycles. The van der Waals surface area contributed by atoms with Gasteiger partial charge in [0.2, 0.25) is 0 Å². The van der Waals surface area contributed by atoms with E-state index in [1.165, 1.54) is 18.5 Å². The number of rotatable bonds is 3. The highest BCUT2D eigenvalue weighted by Gasteiger charge is 2.59. The molecule has 19 heavy (non-hydrogen) atoms. The number of pyridine rings is 1. The van der Waals surface area contributed by atoms with Gasteiger partial charge < -0.3 is 5.73 Å². The van der Waals surface area contributed by atoms with Crippen LogP contribution in [0.15, 0.2) is 22.9 Å². The van der Waals surface area contributed by atoms with Gasteiger partial charge in [-0.05, 0) is 34.0 Å². The molecule has 1 rings (SSSR count). The topological polar surface area (TPSA) is 38.9 Å². The van der Waals surface area contributed by atoms with Gasteiger partial charge in [0.15, 0.2) is 5.92 Å². The summed E-state index contributed by atoms with van der Waals surface area (Å²) in [6.07, 6.45) is -8.90. The van der Waals surface area contributed by atoms with Crippen LogP contribution in [0.5, 0.6) is 0 Å². The summed E-state index contributed by atoms with van der Waals surface area (Å²) < 4.78 is 75.0. The van der Waals surface area contributed by atoms with Crippen molar-refractivity contribution in [3.63, 3.8) is 0 Å². The lowest BCUT2D eigenvalue weighted by molar-refractivity contribution is -0.289. The average molecular weight is 351 g/mol. The van der Waals surface area contributed by atoms with Crippen molar-refractivity contribution in [1.82, 2.24) is 4.98 Å². The molecular weight excluding hydrogens is 342 g/mol. The second-order valence-electron chi connectivity index (χ2n) is 3.94. The SMILES string of the molecule is NC(Cc1cncc(Br)c1)C(C(F)(F)F)C(F)(F)F. The fraction of sp³-hybridized carbons (Fsp3) is 0.500. The Labute approximate surface area is 113 Å². The molecule has 1 aromatic heterocycles. The molecule has 0 spiro atoms. The number of nitrogens with zero attached hydrogens (tertiary/aromatic N) is 1. The molecule has 0 bridgehead atoms. The predicted molar refractivity (Wildman–Crippen MR) is 59.2 cm³/mol. The van der Waals surface area contributed by atoms with Crippen LogP contribution in [0.25, 0.3) is 0 Å². The average Bonchev–Trinajstić information content (AvgIpc) is 2.11. The monoisotopic (exact) mass is 350 g/mol. The summed E-state index contributed by atoms with van der Waals surface area (Å²) in [6.45, 7) is 0. The number of hydrogen-bond donors (Lipinski definition) is 1. The molecule has 0 fully saturated rings. The van der Waals surface area contributed by atoms with Crippen LogP contribution in [0.2, 0.25) is 0 Å². The van der Waals surface area contributed by atoms with Gasteiger partial charge in [0.1, 0.15) is 0 Å². The van der Waals surface area contributed by atoms with E-state index < -0.39 is 30.7 Å². The molecule has 1 atom stereocenters. The number of aromatic nitrogens is 1. The first-order valence-electron chi connectivity index (χ1n) is 5.00. The third kappa shape index (κ3) is 4.64. The molecule has 0 aliphatic carbocycles. The van der Waals surface area contributed by atoms with Crippen LogP contribution in [0.1, 0.15) is 5.56 Å². The maximum absolute atomic E-state index is 12.4. The standard InChI is InChI=1S/C10H9BrF6N2/c11-6-1-5(3-19-4-6)2-7(18)8(9(12,13)14)10(15,16)17/h1,3-4,7-8H,2,18H2. The van der Waals surface area contributed by atoms with Crippen molar-refractivity contribution in [3.05, 3.63) is 28.5 Å². The molecule has 0 aliphatic rings. The van der Waals surface area contributed by atoms with Crippen molar-refractivity contribution in [3.8, 4) is 0 Å². The van der Waals surface area contributed by atoms with Crippen molar-refractivity contribution in [2.75, 3.05) is 0 Å². The molecule has 0 saturated carbocycles. The van der Waals surface area contributed by atoms with E-state index in [4.69, 9.17) is 5.73 Å². The molecule has 1 aromatic rings. The van der Waals surface area contributed by atoms with Gasteiger partial charge in [-0.1, -0.05) is 0 Å². The van der Waals surface area contributed by atoms with Crippen molar-refractivity contribution in [2.24, 2.45) is 11.7 Å². The van der Waals surface area contributed by atoms with Crippen LogP contribution in [0, 0.1) is 5.92 Å². The number of halogens is 7. The van der Waals surface area contributed by atoms with Crippen molar-refractivity contribution in [1.29, 1.82) is 0 Å². The zero-order valence-corrected chi connectivity index (χ0v) is 10.9. The van der Waals surface area contributed by atoms with Gasteiger partial charge >= 0.3 is 12.4 Å². The Kier molecular flexibility index (Phi) is 4.83. The lowest BCUT2D eigenvalue weighted by Crippen LogP contribution is -2.49. The van der Waals surface area contributed by atoms with Gasteiger partial charge in [0.05, 0.1) is 0 Å². The summed E-state index contributed by atoms with van der Waals surface area (Å²) in [4.78, 5) is 3.66. The molecule has 0 radical (unpaired) electrons. The predicted octanol–water partition coefficient (Wildman–Crippen LogP) is 3.45. The van der Waals surface area contributed by atoms with Gasteiger partial charge in [0.25, 0.3) is 0 Å². The van der Waals surface area contributed by atoms with E-state index in [0.29, 0.717) is 4.47 Å². The normalized spacial score (nSPS) is 14.8. The minimum absolute atomic E-state index is 0.195. The lowest BCUT2D eigenvalue weighted by Gasteiger charge is -2.28. The van der Waals surface area contributed by atoms with Gasteiger partial charge in [-0.3, -0.25) is 4.98 Å². The Morgan fingerprint density at radius 3 is 2.05 bits per heavy atom. The van der Waals surface area contributed by atoms with Crippen molar-refractivity contribution < 1.29 is 26.3 Å². The van der Waals surface area contributed by atoms with E-state index in [2.05, 4.69) is 20.9 Å². The smallest absolute Gasteiger partial charge is 0.327 e. The number of hydrogen-bond acceptors (Lipinski definition) is 2. The minimum atomic E-state index is -5.43. The molecule has 0 aromatic carbocycles. The molecule has 1 unspecified atom stereocenters. The Morgan fingerprint density at radius 2 is 1.63 bits per heavy atom. The third-order valence-electron chi connectivity index (χ3n) is 2.37. The molecule has 0 amide bonds. The Hall–Kier alpha value is -0.830. The summed E-state index contributed by atoms with van der Waals surface area (Å²) in [5.41, 5.74) is 5.28. The summed E-state index contributed by atoms with van der Waals surface area (Å²) in [5, 5.41) is 0. The highest BCUT2D eigenvalue weighted by atomic mass is 79.9. The maximum atomic E-state index is 12.4. The van der Waals surface area contributed by atoms with Crippen LogP contribution in [-0.2, 0) is 6.42 Å². The van der Waals surface area contributed by atoms with E-state index in [9.17, 15) is 26.3 Å². The Balaban J connectivity index is 2.93. The molecule has 2 N–H and O–H groups in total. The molecule has 0 aliphatic heterocycles. The molecular formula is C10H9BrF6N2.